The summed E-state index contributed by atoms with van der Waals surface area (Å²) in [6.07, 6.45) is -1.24. The Bertz CT molecular complexity index is 651. The summed E-state index contributed by atoms with van der Waals surface area (Å²) < 4.78 is 10.4. The number of Topliss-reactive ketones (excluding diaryl/α,β-unsaturated/α-hetero) is 1. The van der Waals surface area contributed by atoms with Gasteiger partial charge < -0.3 is 14.6 Å². The van der Waals surface area contributed by atoms with E-state index in [9.17, 15) is 9.90 Å². The first-order chi connectivity index (χ1) is 9.65. The molecule has 0 saturated carbocycles. The number of rotatable bonds is 3. The number of carbonyl (C=O) groups excluding carboxylic acids is 1. The van der Waals surface area contributed by atoms with E-state index in [4.69, 9.17) is 21.1 Å². The largest absolute Gasteiger partial charge is 0.454 e. The number of aliphatic hydroxyl groups excluding tert-OH is 1. The van der Waals surface area contributed by atoms with Crippen molar-refractivity contribution < 1.29 is 19.4 Å². The van der Waals surface area contributed by atoms with E-state index < -0.39 is 6.10 Å². The Morgan fingerprint density at radius 3 is 2.55 bits per heavy atom. The zero-order valence-corrected chi connectivity index (χ0v) is 11.1. The van der Waals surface area contributed by atoms with Gasteiger partial charge in [-0.1, -0.05) is 17.7 Å². The van der Waals surface area contributed by atoms with Crippen molar-refractivity contribution >= 4 is 17.4 Å². The summed E-state index contributed by atoms with van der Waals surface area (Å²) in [5, 5.41) is 10.7. The third kappa shape index (κ3) is 2.35. The fourth-order valence-electron chi connectivity index (χ4n) is 2.01. The fourth-order valence-corrected chi connectivity index (χ4v) is 2.13. The van der Waals surface area contributed by atoms with Crippen molar-refractivity contribution in [2.75, 3.05) is 6.79 Å². The van der Waals surface area contributed by atoms with Crippen LogP contribution in [0.3, 0.4) is 0 Å². The number of hydrogen-bond acceptors (Lipinski definition) is 4. The van der Waals surface area contributed by atoms with Gasteiger partial charge in [0.2, 0.25) is 6.79 Å². The fraction of sp³-hybridized carbons (Fsp3) is 0.133. The topological polar surface area (TPSA) is 55.8 Å². The lowest BCUT2D eigenvalue weighted by Gasteiger charge is -2.10. The van der Waals surface area contributed by atoms with Crippen LogP contribution >= 0.6 is 11.6 Å². The van der Waals surface area contributed by atoms with Crippen LogP contribution < -0.4 is 9.47 Å². The molecule has 0 radical (unpaired) electrons. The summed E-state index contributed by atoms with van der Waals surface area (Å²) in [4.78, 5) is 12.2. The molecule has 0 amide bonds. The molecule has 0 spiro atoms. The smallest absolute Gasteiger partial charge is 0.231 e. The van der Waals surface area contributed by atoms with E-state index in [0.717, 1.165) is 0 Å². The summed E-state index contributed by atoms with van der Waals surface area (Å²) in [6.45, 7) is 0.153. The second-order valence-electron chi connectivity index (χ2n) is 4.39. The van der Waals surface area contributed by atoms with E-state index in [1.165, 1.54) is 0 Å². The number of ether oxygens (including phenoxy) is 2. The van der Waals surface area contributed by atoms with Crippen LogP contribution in [0.2, 0.25) is 5.02 Å². The molecule has 2 aromatic rings. The molecule has 0 fully saturated rings. The van der Waals surface area contributed by atoms with Gasteiger partial charge in [-0.25, -0.2) is 0 Å². The van der Waals surface area contributed by atoms with E-state index >= 15 is 0 Å². The maximum atomic E-state index is 12.2. The molecule has 1 aliphatic rings. The van der Waals surface area contributed by atoms with Gasteiger partial charge in [0.25, 0.3) is 0 Å². The van der Waals surface area contributed by atoms with Crippen LogP contribution in [0.4, 0.5) is 0 Å². The second-order valence-corrected chi connectivity index (χ2v) is 4.82. The molecule has 0 bridgehead atoms. The standard InChI is InChI=1S/C15H11ClO4/c16-11-4-1-9(2-5-11)14(17)15(18)10-3-6-12-13(7-10)20-8-19-12/h1-7,15,18H,8H2. The van der Waals surface area contributed by atoms with Gasteiger partial charge in [-0.05, 0) is 42.0 Å². The highest BCUT2D eigenvalue weighted by Crippen LogP contribution is 2.34. The highest BCUT2D eigenvalue weighted by Gasteiger charge is 2.22. The second kappa shape index (κ2) is 5.15. The third-order valence-corrected chi connectivity index (χ3v) is 3.34. The summed E-state index contributed by atoms with van der Waals surface area (Å²) in [5.41, 5.74) is 0.869. The van der Waals surface area contributed by atoms with Gasteiger partial charge in [-0.3, -0.25) is 4.79 Å². The average Bonchev–Trinajstić information content (AvgIpc) is 2.94. The predicted molar refractivity (Wildman–Crippen MR) is 73.3 cm³/mol. The van der Waals surface area contributed by atoms with E-state index in [0.29, 0.717) is 27.6 Å². The zero-order valence-electron chi connectivity index (χ0n) is 10.4. The zero-order chi connectivity index (χ0) is 14.1. The summed E-state index contributed by atoms with van der Waals surface area (Å²) in [5.74, 6) is 0.755. The van der Waals surface area contributed by atoms with Crippen molar-refractivity contribution in [3.05, 3.63) is 58.6 Å². The van der Waals surface area contributed by atoms with Gasteiger partial charge in [0, 0.05) is 10.6 Å². The first kappa shape index (κ1) is 13.0. The van der Waals surface area contributed by atoms with Crippen LogP contribution in [-0.4, -0.2) is 17.7 Å². The maximum absolute atomic E-state index is 12.2. The molecular weight excluding hydrogens is 280 g/mol. The molecule has 3 rings (SSSR count). The summed E-state index contributed by atoms with van der Waals surface area (Å²) in [6, 6.07) is 11.3. The first-order valence-electron chi connectivity index (χ1n) is 6.02. The predicted octanol–water partition coefficient (Wildman–Crippen LogP) is 2.99. The van der Waals surface area contributed by atoms with Crippen molar-refractivity contribution in [1.82, 2.24) is 0 Å². The monoisotopic (exact) mass is 290 g/mol. The molecule has 2 aromatic carbocycles. The van der Waals surface area contributed by atoms with Crippen LogP contribution in [0.15, 0.2) is 42.5 Å². The first-order valence-corrected chi connectivity index (χ1v) is 6.40. The van der Waals surface area contributed by atoms with Crippen LogP contribution in [0.25, 0.3) is 0 Å². The van der Waals surface area contributed by atoms with Gasteiger partial charge in [0.15, 0.2) is 17.3 Å². The Balaban J connectivity index is 1.86. The van der Waals surface area contributed by atoms with Gasteiger partial charge in [-0.2, -0.15) is 0 Å². The molecule has 102 valence electrons. The number of carbonyl (C=O) groups is 1. The summed E-state index contributed by atoms with van der Waals surface area (Å²) in [7, 11) is 0. The number of halogens is 1. The minimum atomic E-state index is -1.24. The highest BCUT2D eigenvalue weighted by molar-refractivity contribution is 6.30. The Kier molecular flexibility index (Phi) is 3.34. The Morgan fingerprint density at radius 1 is 1.10 bits per heavy atom. The lowest BCUT2D eigenvalue weighted by Crippen LogP contribution is -2.12. The normalized spacial score (nSPS) is 14.1. The number of hydrogen-bond donors (Lipinski definition) is 1. The van der Waals surface area contributed by atoms with Crippen molar-refractivity contribution in [3.8, 4) is 11.5 Å². The molecule has 0 saturated heterocycles. The molecule has 20 heavy (non-hydrogen) atoms. The number of fused-ring (bicyclic) bond motifs is 1. The molecule has 1 aliphatic heterocycles. The van der Waals surface area contributed by atoms with E-state index in [1.54, 1.807) is 42.5 Å². The highest BCUT2D eigenvalue weighted by atomic mass is 35.5. The molecule has 0 aliphatic carbocycles. The molecule has 0 aromatic heterocycles. The van der Waals surface area contributed by atoms with Gasteiger partial charge >= 0.3 is 0 Å². The van der Waals surface area contributed by atoms with E-state index in [-0.39, 0.29) is 12.6 Å². The van der Waals surface area contributed by atoms with Crippen LogP contribution in [0, 0.1) is 0 Å². The SMILES string of the molecule is O=C(c1ccc(Cl)cc1)C(O)c1ccc2c(c1)OCO2. The van der Waals surface area contributed by atoms with Crippen LogP contribution in [0.1, 0.15) is 22.0 Å². The number of aliphatic hydroxyl groups is 1. The minimum Gasteiger partial charge on any atom is -0.454 e. The van der Waals surface area contributed by atoms with Crippen LogP contribution in [0.5, 0.6) is 11.5 Å². The Hall–Kier alpha value is -2.04. The number of ketones is 1. The van der Waals surface area contributed by atoms with Crippen molar-refractivity contribution in [1.29, 1.82) is 0 Å². The Labute approximate surface area is 120 Å². The Morgan fingerprint density at radius 2 is 1.80 bits per heavy atom. The third-order valence-electron chi connectivity index (χ3n) is 3.09. The van der Waals surface area contributed by atoms with E-state index in [2.05, 4.69) is 0 Å². The van der Waals surface area contributed by atoms with Gasteiger partial charge in [-0.15, -0.1) is 0 Å². The van der Waals surface area contributed by atoms with Crippen molar-refractivity contribution in [3.63, 3.8) is 0 Å². The van der Waals surface area contributed by atoms with Gasteiger partial charge in [0.1, 0.15) is 6.10 Å². The molecular formula is C15H11ClO4. The van der Waals surface area contributed by atoms with Crippen molar-refractivity contribution in [2.45, 2.75) is 6.10 Å². The van der Waals surface area contributed by atoms with Crippen LogP contribution in [-0.2, 0) is 0 Å². The molecule has 5 heteroatoms. The quantitative estimate of drug-likeness (QED) is 0.883. The molecule has 1 heterocycles. The lowest BCUT2D eigenvalue weighted by atomic mass is 10.00. The molecule has 1 unspecified atom stereocenters. The lowest BCUT2D eigenvalue weighted by molar-refractivity contribution is 0.0747. The maximum Gasteiger partial charge on any atom is 0.231 e. The number of benzene rings is 2. The molecule has 4 nitrogen and oxygen atoms in total. The minimum absolute atomic E-state index is 0.153. The van der Waals surface area contributed by atoms with Crippen molar-refractivity contribution in [2.24, 2.45) is 0 Å². The van der Waals surface area contributed by atoms with E-state index in [1.807, 2.05) is 0 Å². The van der Waals surface area contributed by atoms with Gasteiger partial charge in [0.05, 0.1) is 0 Å². The average molecular weight is 291 g/mol. The molecule has 1 atom stereocenters. The summed E-state index contributed by atoms with van der Waals surface area (Å²) >= 11 is 5.77. The molecule has 1 N–H and O–H groups in total.